The van der Waals surface area contributed by atoms with E-state index in [0.29, 0.717) is 6.54 Å². The molecule has 0 fully saturated rings. The van der Waals surface area contributed by atoms with Gasteiger partial charge in [-0.25, -0.2) is 0 Å². The van der Waals surface area contributed by atoms with Crippen LogP contribution in [-0.2, 0) is 6.54 Å². The van der Waals surface area contributed by atoms with E-state index in [-0.39, 0.29) is 12.0 Å². The van der Waals surface area contributed by atoms with Gasteiger partial charge in [0.05, 0.1) is 6.61 Å². The molecule has 1 aromatic heterocycles. The number of rotatable bonds is 2. The lowest BCUT2D eigenvalue weighted by molar-refractivity contribution is 0.274. The van der Waals surface area contributed by atoms with Crippen LogP contribution in [0.15, 0.2) is 29.1 Å². The van der Waals surface area contributed by atoms with E-state index in [1.165, 1.54) is 0 Å². The number of fused-ring (bicyclic) bond motifs is 1. The Morgan fingerprint density at radius 1 is 1.06 bits per heavy atom. The molecule has 0 aliphatic heterocycles. The van der Waals surface area contributed by atoms with Crippen molar-refractivity contribution in [2.45, 2.75) is 20.4 Å². The molecule has 0 aliphatic rings. The van der Waals surface area contributed by atoms with Crippen molar-refractivity contribution < 1.29 is 5.11 Å². The van der Waals surface area contributed by atoms with Crippen molar-refractivity contribution in [1.82, 2.24) is 4.57 Å². The first kappa shape index (κ1) is 10.9. The topological polar surface area (TPSA) is 42.2 Å². The van der Waals surface area contributed by atoms with Crippen LogP contribution in [0.5, 0.6) is 0 Å². The Morgan fingerprint density at radius 3 is 2.00 bits per heavy atom. The van der Waals surface area contributed by atoms with Crippen LogP contribution in [0.2, 0.25) is 0 Å². The van der Waals surface area contributed by atoms with Gasteiger partial charge in [-0.1, -0.05) is 0 Å². The van der Waals surface area contributed by atoms with Crippen molar-refractivity contribution in [1.29, 1.82) is 0 Å². The van der Waals surface area contributed by atoms with Gasteiger partial charge in [-0.3, -0.25) is 4.79 Å². The van der Waals surface area contributed by atoms with Crippen molar-refractivity contribution in [2.75, 3.05) is 6.61 Å². The third-order valence-electron chi connectivity index (χ3n) is 3.03. The summed E-state index contributed by atoms with van der Waals surface area (Å²) in [6, 6.07) is 6.87. The molecule has 84 valence electrons. The first-order valence-corrected chi connectivity index (χ1v) is 5.36. The van der Waals surface area contributed by atoms with E-state index in [1.54, 1.807) is 12.1 Å². The summed E-state index contributed by atoms with van der Waals surface area (Å²) in [5.41, 5.74) is 2.21. The van der Waals surface area contributed by atoms with E-state index < -0.39 is 0 Å². The third kappa shape index (κ3) is 1.63. The monoisotopic (exact) mass is 217 g/mol. The van der Waals surface area contributed by atoms with Gasteiger partial charge in [0.1, 0.15) is 0 Å². The number of hydrogen-bond acceptors (Lipinski definition) is 2. The summed E-state index contributed by atoms with van der Waals surface area (Å²) < 4.78 is 2.08. The maximum absolute atomic E-state index is 11.3. The second-order valence-corrected chi connectivity index (χ2v) is 3.94. The Balaban J connectivity index is 2.82. The molecule has 0 radical (unpaired) electrons. The summed E-state index contributed by atoms with van der Waals surface area (Å²) in [6.07, 6.45) is 0. The molecule has 0 unspecified atom stereocenters. The molecule has 3 nitrogen and oxygen atoms in total. The number of aromatic nitrogens is 1. The van der Waals surface area contributed by atoms with E-state index in [9.17, 15) is 4.79 Å². The second kappa shape index (κ2) is 4.10. The fourth-order valence-corrected chi connectivity index (χ4v) is 2.17. The minimum absolute atomic E-state index is 0.0173. The van der Waals surface area contributed by atoms with Gasteiger partial charge in [0.2, 0.25) is 0 Å². The van der Waals surface area contributed by atoms with Crippen LogP contribution in [0.25, 0.3) is 10.8 Å². The minimum atomic E-state index is 0.0173. The lowest BCUT2D eigenvalue weighted by Crippen LogP contribution is -2.05. The number of aliphatic hydroxyl groups is 1. The predicted octanol–water partition coefficient (Wildman–Crippen LogP) is 1.61. The summed E-state index contributed by atoms with van der Waals surface area (Å²) in [6.45, 7) is 4.74. The summed E-state index contributed by atoms with van der Waals surface area (Å²) in [5, 5.41) is 11.2. The van der Waals surface area contributed by atoms with E-state index in [0.717, 1.165) is 22.2 Å². The zero-order valence-electron chi connectivity index (χ0n) is 9.53. The first-order valence-electron chi connectivity index (χ1n) is 5.36. The zero-order chi connectivity index (χ0) is 11.7. The minimum Gasteiger partial charge on any atom is -0.395 e. The van der Waals surface area contributed by atoms with Gasteiger partial charge in [-0.05, 0) is 38.1 Å². The molecular formula is C13H15NO2. The van der Waals surface area contributed by atoms with Gasteiger partial charge < -0.3 is 9.67 Å². The average molecular weight is 217 g/mol. The second-order valence-electron chi connectivity index (χ2n) is 3.94. The molecule has 1 N–H and O–H groups in total. The maximum Gasteiger partial charge on any atom is 0.178 e. The van der Waals surface area contributed by atoms with Crippen LogP contribution in [0.1, 0.15) is 11.4 Å². The molecule has 0 amide bonds. The van der Waals surface area contributed by atoms with Crippen LogP contribution < -0.4 is 5.43 Å². The highest BCUT2D eigenvalue weighted by atomic mass is 16.3. The molecule has 0 spiro atoms. The molecule has 1 heterocycles. The summed E-state index contributed by atoms with van der Waals surface area (Å²) in [4.78, 5) is 11.3. The van der Waals surface area contributed by atoms with E-state index in [2.05, 4.69) is 4.57 Å². The molecule has 2 aromatic rings. The normalized spacial score (nSPS) is 10.9. The molecule has 1 aromatic carbocycles. The Kier molecular flexibility index (Phi) is 2.79. The van der Waals surface area contributed by atoms with Gasteiger partial charge in [0.25, 0.3) is 0 Å². The van der Waals surface area contributed by atoms with Crippen LogP contribution in [0, 0.1) is 13.8 Å². The SMILES string of the molecule is Cc1c2ccc(=O)ccc2c(C)n1CCO. The van der Waals surface area contributed by atoms with Crippen molar-refractivity contribution in [2.24, 2.45) is 0 Å². The van der Waals surface area contributed by atoms with E-state index >= 15 is 0 Å². The number of hydrogen-bond donors (Lipinski definition) is 1. The lowest BCUT2D eigenvalue weighted by atomic mass is 10.2. The van der Waals surface area contributed by atoms with Crippen molar-refractivity contribution in [3.63, 3.8) is 0 Å². The van der Waals surface area contributed by atoms with Gasteiger partial charge in [-0.15, -0.1) is 0 Å². The summed E-state index contributed by atoms with van der Waals surface area (Å²) >= 11 is 0. The standard InChI is InChI=1S/C13H15NO2/c1-9-12-5-3-11(16)4-6-13(12)10(2)14(9)7-8-15/h3-6,15H,7-8H2,1-2H3. The van der Waals surface area contributed by atoms with Gasteiger partial charge in [0, 0.05) is 28.7 Å². The van der Waals surface area contributed by atoms with E-state index in [1.807, 2.05) is 26.0 Å². The first-order chi connectivity index (χ1) is 7.65. The highest BCUT2D eigenvalue weighted by Gasteiger charge is 2.08. The smallest absolute Gasteiger partial charge is 0.178 e. The zero-order valence-corrected chi connectivity index (χ0v) is 9.53. The molecule has 0 saturated heterocycles. The number of aryl methyl sites for hydroxylation is 2. The van der Waals surface area contributed by atoms with Crippen molar-refractivity contribution in [3.8, 4) is 0 Å². The Labute approximate surface area is 94.0 Å². The molecule has 2 rings (SSSR count). The third-order valence-corrected chi connectivity index (χ3v) is 3.03. The molecular weight excluding hydrogens is 202 g/mol. The largest absolute Gasteiger partial charge is 0.395 e. The molecule has 0 bridgehead atoms. The summed E-state index contributed by atoms with van der Waals surface area (Å²) in [5.74, 6) is 0. The molecule has 3 heteroatoms. The summed E-state index contributed by atoms with van der Waals surface area (Å²) in [7, 11) is 0. The fraction of sp³-hybridized carbons (Fsp3) is 0.308. The van der Waals surface area contributed by atoms with Gasteiger partial charge >= 0.3 is 0 Å². The molecule has 0 saturated carbocycles. The highest BCUT2D eigenvalue weighted by molar-refractivity contribution is 5.87. The Hall–Kier alpha value is -1.61. The maximum atomic E-state index is 11.3. The average Bonchev–Trinajstić information content (AvgIpc) is 2.44. The number of nitrogens with zero attached hydrogens (tertiary/aromatic N) is 1. The Morgan fingerprint density at radius 2 is 1.56 bits per heavy atom. The lowest BCUT2D eigenvalue weighted by Gasteiger charge is -2.05. The van der Waals surface area contributed by atoms with E-state index in [4.69, 9.17) is 5.11 Å². The predicted molar refractivity (Wildman–Crippen MR) is 64.8 cm³/mol. The van der Waals surface area contributed by atoms with Gasteiger partial charge in [0.15, 0.2) is 5.43 Å². The number of aliphatic hydroxyl groups excluding tert-OH is 1. The fourth-order valence-electron chi connectivity index (χ4n) is 2.17. The molecule has 16 heavy (non-hydrogen) atoms. The van der Waals surface area contributed by atoms with Crippen LogP contribution >= 0.6 is 0 Å². The molecule has 0 aliphatic carbocycles. The van der Waals surface area contributed by atoms with Gasteiger partial charge in [-0.2, -0.15) is 0 Å². The van der Waals surface area contributed by atoms with Crippen molar-refractivity contribution >= 4 is 10.8 Å². The highest BCUT2D eigenvalue weighted by Crippen LogP contribution is 2.23. The van der Waals surface area contributed by atoms with Crippen LogP contribution in [-0.4, -0.2) is 16.3 Å². The van der Waals surface area contributed by atoms with Crippen molar-refractivity contribution in [3.05, 3.63) is 45.9 Å². The quantitative estimate of drug-likeness (QED) is 0.830. The van der Waals surface area contributed by atoms with Crippen LogP contribution in [0.3, 0.4) is 0 Å². The van der Waals surface area contributed by atoms with Crippen LogP contribution in [0.4, 0.5) is 0 Å². The Bertz CT molecular complexity index is 538. The molecule has 0 atom stereocenters.